The van der Waals surface area contributed by atoms with Crippen LogP contribution in [-0.4, -0.2) is 43.5 Å². The number of nitrogens with one attached hydrogen (secondary N) is 1. The average Bonchev–Trinajstić information content (AvgIpc) is 3.00. The van der Waals surface area contributed by atoms with Gasteiger partial charge in [0.2, 0.25) is 5.56 Å². The topological polar surface area (TPSA) is 124 Å². The van der Waals surface area contributed by atoms with Crippen LogP contribution in [0.25, 0.3) is 28.5 Å². The summed E-state index contributed by atoms with van der Waals surface area (Å²) in [5.41, 5.74) is 6.52. The third-order valence-electron chi connectivity index (χ3n) is 6.56. The van der Waals surface area contributed by atoms with Gasteiger partial charge in [-0.15, -0.1) is 0 Å². The Hall–Kier alpha value is -3.62. The largest absolute Gasteiger partial charge is 0.481 e. The Bertz CT molecular complexity index is 1380. The van der Waals surface area contributed by atoms with Crippen molar-refractivity contribution in [1.82, 2.24) is 9.97 Å². The van der Waals surface area contributed by atoms with Crippen molar-refractivity contribution in [3.63, 3.8) is 0 Å². The van der Waals surface area contributed by atoms with E-state index in [1.54, 1.807) is 24.3 Å². The van der Waals surface area contributed by atoms with E-state index in [1.165, 1.54) is 24.3 Å². The van der Waals surface area contributed by atoms with Crippen LogP contribution in [0.4, 0.5) is 4.39 Å². The Morgan fingerprint density at radius 1 is 1.14 bits per heavy atom. The predicted molar refractivity (Wildman–Crippen MR) is 140 cm³/mol. The molecule has 4 N–H and O–H groups in total. The molecule has 1 aliphatic carbocycles. The van der Waals surface area contributed by atoms with Crippen molar-refractivity contribution in [2.24, 2.45) is 0 Å². The molecule has 3 aromatic rings. The van der Waals surface area contributed by atoms with Crippen LogP contribution in [0.1, 0.15) is 61.5 Å². The molecule has 2 atom stereocenters. The zero-order valence-corrected chi connectivity index (χ0v) is 20.9. The number of aromatic amines is 1. The lowest BCUT2D eigenvalue weighted by atomic mass is 9.86. The van der Waals surface area contributed by atoms with Crippen LogP contribution in [-0.2, 0) is 17.6 Å². The Balaban J connectivity index is 1.92. The van der Waals surface area contributed by atoms with E-state index in [-0.39, 0.29) is 23.7 Å². The number of aliphatic hydroxyl groups is 2. The molecule has 0 saturated carbocycles. The third-order valence-corrected chi connectivity index (χ3v) is 6.56. The van der Waals surface area contributed by atoms with Crippen LogP contribution in [0.5, 0.6) is 0 Å². The highest BCUT2D eigenvalue weighted by molar-refractivity contribution is 5.85. The number of carboxylic acid groups (broad SMARTS) is 1. The summed E-state index contributed by atoms with van der Waals surface area (Å²) in [6.45, 7) is 4.02. The quantitative estimate of drug-likeness (QED) is 0.358. The number of rotatable bonds is 8. The summed E-state index contributed by atoms with van der Waals surface area (Å²) in [4.78, 5) is 30.9. The SMILES string of the molecule is CC(C)c1nc2c(c(-c3ccc(F)cc3)c1/C=C/[C@@H](O)C[C@@H](O)CC(=O)O)CCCc1[nH]c(=O)ccc1-2. The summed E-state index contributed by atoms with van der Waals surface area (Å²) < 4.78 is 13.9. The van der Waals surface area contributed by atoms with E-state index in [4.69, 9.17) is 10.1 Å². The standard InChI is InChI=1S/C29H31FN2O5/c1-16(2)28-23(11-10-19(33)14-20(34)15-26(36)37)27(17-6-8-18(30)9-7-17)22-4-3-5-24-21(29(22)32-28)12-13-25(35)31-24/h6-13,16,19-20,33-34H,3-5,14-15H2,1-2H3,(H,31,35)(H,36,37)/b11-10+/t19-,20-/m1/s1. The maximum Gasteiger partial charge on any atom is 0.305 e. The molecule has 7 nitrogen and oxygen atoms in total. The van der Waals surface area contributed by atoms with Crippen molar-refractivity contribution in [3.8, 4) is 22.4 Å². The number of halogens is 1. The molecular weight excluding hydrogens is 475 g/mol. The molecular formula is C29H31FN2O5. The number of hydrogen-bond acceptors (Lipinski definition) is 5. The molecule has 0 radical (unpaired) electrons. The monoisotopic (exact) mass is 506 g/mol. The number of carboxylic acids is 1. The van der Waals surface area contributed by atoms with E-state index < -0.39 is 24.6 Å². The first-order valence-corrected chi connectivity index (χ1v) is 12.5. The van der Waals surface area contributed by atoms with Gasteiger partial charge in [0.05, 0.1) is 30.0 Å². The van der Waals surface area contributed by atoms with Crippen molar-refractivity contribution in [2.45, 2.75) is 64.1 Å². The zero-order valence-electron chi connectivity index (χ0n) is 20.9. The molecule has 0 bridgehead atoms. The molecule has 0 spiro atoms. The van der Waals surface area contributed by atoms with Gasteiger partial charge in [-0.05, 0) is 60.1 Å². The second-order valence-corrected chi connectivity index (χ2v) is 9.76. The van der Waals surface area contributed by atoms with Crippen LogP contribution in [0.3, 0.4) is 0 Å². The molecule has 1 aromatic carbocycles. The molecule has 4 rings (SSSR count). The maximum atomic E-state index is 13.9. The Labute approximate surface area is 214 Å². The molecule has 37 heavy (non-hydrogen) atoms. The summed E-state index contributed by atoms with van der Waals surface area (Å²) >= 11 is 0. The van der Waals surface area contributed by atoms with Gasteiger partial charge in [-0.2, -0.15) is 0 Å². The number of aryl methyl sites for hydroxylation is 1. The fourth-order valence-electron chi connectivity index (χ4n) is 4.91. The molecule has 2 heterocycles. The number of aliphatic hydroxyl groups excluding tert-OH is 2. The van der Waals surface area contributed by atoms with E-state index in [0.29, 0.717) is 12.8 Å². The molecule has 2 aromatic heterocycles. The second-order valence-electron chi connectivity index (χ2n) is 9.76. The lowest BCUT2D eigenvalue weighted by Crippen LogP contribution is -2.19. The molecule has 0 unspecified atom stereocenters. The second kappa shape index (κ2) is 11.2. The fraction of sp³-hybridized carbons (Fsp3) is 0.345. The van der Waals surface area contributed by atoms with Crippen LogP contribution < -0.4 is 5.56 Å². The summed E-state index contributed by atoms with van der Waals surface area (Å²) in [6, 6.07) is 9.55. The third kappa shape index (κ3) is 6.03. The Kier molecular flexibility index (Phi) is 8.00. The van der Waals surface area contributed by atoms with Crippen LogP contribution in [0.15, 0.2) is 47.3 Å². The number of benzene rings is 1. The highest BCUT2D eigenvalue weighted by Crippen LogP contribution is 2.41. The lowest BCUT2D eigenvalue weighted by molar-refractivity contribution is -0.139. The van der Waals surface area contributed by atoms with E-state index in [9.17, 15) is 24.2 Å². The van der Waals surface area contributed by atoms with E-state index in [0.717, 1.165) is 51.3 Å². The maximum absolute atomic E-state index is 13.9. The summed E-state index contributed by atoms with van der Waals surface area (Å²) in [6.07, 6.45) is 2.63. The molecule has 0 amide bonds. The number of H-pyrrole nitrogens is 1. The number of carbonyl (C=O) groups is 1. The van der Waals surface area contributed by atoms with Gasteiger partial charge in [-0.3, -0.25) is 14.6 Å². The minimum atomic E-state index is -1.18. The van der Waals surface area contributed by atoms with Gasteiger partial charge >= 0.3 is 5.97 Å². The van der Waals surface area contributed by atoms with E-state index in [2.05, 4.69) is 4.98 Å². The molecule has 8 heteroatoms. The van der Waals surface area contributed by atoms with Crippen molar-refractivity contribution < 1.29 is 24.5 Å². The zero-order chi connectivity index (χ0) is 26.7. The number of aliphatic carboxylic acids is 1. The minimum absolute atomic E-state index is 0.00615. The van der Waals surface area contributed by atoms with Gasteiger partial charge in [-0.1, -0.05) is 38.1 Å². The molecule has 0 aliphatic heterocycles. The van der Waals surface area contributed by atoms with Crippen LogP contribution in [0, 0.1) is 5.82 Å². The van der Waals surface area contributed by atoms with Gasteiger partial charge in [0.1, 0.15) is 5.82 Å². The summed E-state index contributed by atoms with van der Waals surface area (Å²) in [5.74, 6) is -1.50. The van der Waals surface area contributed by atoms with Gasteiger partial charge in [-0.25, -0.2) is 4.39 Å². The lowest BCUT2D eigenvalue weighted by Gasteiger charge is -2.22. The highest BCUT2D eigenvalue weighted by atomic mass is 19.1. The van der Waals surface area contributed by atoms with Crippen molar-refractivity contribution >= 4 is 12.0 Å². The molecule has 0 fully saturated rings. The first-order valence-electron chi connectivity index (χ1n) is 12.5. The number of aromatic nitrogens is 2. The van der Waals surface area contributed by atoms with Crippen LogP contribution >= 0.6 is 0 Å². The number of hydrogen-bond donors (Lipinski definition) is 4. The van der Waals surface area contributed by atoms with Crippen molar-refractivity contribution in [2.75, 3.05) is 0 Å². The summed E-state index contributed by atoms with van der Waals surface area (Å²) in [5, 5.41) is 29.4. The average molecular weight is 507 g/mol. The smallest absolute Gasteiger partial charge is 0.305 e. The molecule has 0 saturated heterocycles. The Morgan fingerprint density at radius 2 is 1.86 bits per heavy atom. The minimum Gasteiger partial charge on any atom is -0.481 e. The van der Waals surface area contributed by atoms with Crippen LogP contribution in [0.2, 0.25) is 0 Å². The van der Waals surface area contributed by atoms with Crippen molar-refractivity contribution in [1.29, 1.82) is 0 Å². The highest BCUT2D eigenvalue weighted by Gasteiger charge is 2.25. The normalized spacial score (nSPS) is 14.8. The van der Waals surface area contributed by atoms with Gasteiger partial charge in [0, 0.05) is 29.3 Å². The summed E-state index contributed by atoms with van der Waals surface area (Å²) in [7, 11) is 0. The fourth-order valence-corrected chi connectivity index (χ4v) is 4.91. The molecule has 1 aliphatic rings. The number of pyridine rings is 2. The number of fused-ring (bicyclic) bond motifs is 3. The van der Waals surface area contributed by atoms with Gasteiger partial charge in [0.25, 0.3) is 0 Å². The van der Waals surface area contributed by atoms with Gasteiger partial charge in [0.15, 0.2) is 0 Å². The van der Waals surface area contributed by atoms with E-state index >= 15 is 0 Å². The first kappa shape index (κ1) is 26.4. The van der Waals surface area contributed by atoms with Gasteiger partial charge < -0.3 is 20.3 Å². The van der Waals surface area contributed by atoms with E-state index in [1.807, 2.05) is 13.8 Å². The Morgan fingerprint density at radius 3 is 2.54 bits per heavy atom. The molecule has 194 valence electrons. The first-order chi connectivity index (χ1) is 17.6. The number of nitrogens with zero attached hydrogens (tertiary/aromatic N) is 1. The predicted octanol–water partition coefficient (Wildman–Crippen LogP) is 4.45. The van der Waals surface area contributed by atoms with Crippen molar-refractivity contribution in [3.05, 3.63) is 81.2 Å².